The van der Waals surface area contributed by atoms with Crippen LogP contribution < -0.4 is 4.90 Å². The van der Waals surface area contributed by atoms with Gasteiger partial charge in [-0.15, -0.1) is 0 Å². The molecule has 2 aliphatic heterocycles. The monoisotopic (exact) mass is 400 g/mol. The van der Waals surface area contributed by atoms with Gasteiger partial charge in [-0.1, -0.05) is 78.9 Å². The van der Waals surface area contributed by atoms with Crippen LogP contribution in [0, 0.1) is 0 Å². The summed E-state index contributed by atoms with van der Waals surface area (Å²) in [5, 5.41) is 13.1. The molecule has 2 aliphatic rings. The molecule has 29 heavy (non-hydrogen) atoms. The molecule has 3 aromatic rings. The minimum Gasteiger partial charge on any atom is -0.378 e. The van der Waals surface area contributed by atoms with Gasteiger partial charge in [0.1, 0.15) is 5.60 Å². The van der Waals surface area contributed by atoms with Crippen molar-refractivity contribution < 1.29 is 5.11 Å². The quantitative estimate of drug-likeness (QED) is 0.650. The molecule has 0 saturated carbocycles. The van der Waals surface area contributed by atoms with E-state index >= 15 is 0 Å². The van der Waals surface area contributed by atoms with Gasteiger partial charge in [0, 0.05) is 18.3 Å². The number of fused-ring (bicyclic) bond motifs is 1. The van der Waals surface area contributed by atoms with E-state index in [1.165, 1.54) is 0 Å². The Kier molecular flexibility index (Phi) is 4.61. The third-order valence-corrected chi connectivity index (χ3v) is 6.76. The van der Waals surface area contributed by atoms with Crippen LogP contribution in [0.3, 0.4) is 0 Å². The van der Waals surface area contributed by atoms with Crippen LogP contribution in [0.5, 0.6) is 0 Å². The summed E-state index contributed by atoms with van der Waals surface area (Å²) in [6.07, 6.45) is 1.93. The van der Waals surface area contributed by atoms with E-state index in [0.29, 0.717) is 6.04 Å². The van der Waals surface area contributed by atoms with E-state index in [4.69, 9.17) is 12.2 Å². The van der Waals surface area contributed by atoms with Crippen molar-refractivity contribution in [1.82, 2.24) is 4.90 Å². The van der Waals surface area contributed by atoms with E-state index in [2.05, 4.69) is 21.9 Å². The molecule has 3 aromatic carbocycles. The van der Waals surface area contributed by atoms with Gasteiger partial charge in [-0.05, 0) is 48.3 Å². The Balaban J connectivity index is 1.57. The van der Waals surface area contributed by atoms with Crippen LogP contribution >= 0.6 is 12.2 Å². The Morgan fingerprint density at radius 2 is 1.28 bits per heavy atom. The number of aliphatic hydroxyl groups is 1. The molecular weight excluding hydrogens is 376 g/mol. The topological polar surface area (TPSA) is 26.7 Å². The molecule has 146 valence electrons. The highest BCUT2D eigenvalue weighted by molar-refractivity contribution is 7.80. The van der Waals surface area contributed by atoms with Crippen molar-refractivity contribution in [3.8, 4) is 0 Å². The number of nitrogens with zero attached hydrogens (tertiary/aromatic N) is 2. The molecule has 4 heteroatoms. The molecule has 2 fully saturated rings. The lowest BCUT2D eigenvalue weighted by atomic mass is 9.79. The van der Waals surface area contributed by atoms with Gasteiger partial charge in [0.05, 0.1) is 6.04 Å². The SMILES string of the molecule is OC(c1ccccc1)(c1ccccc1)[C@H]1CC[C@H]2CN(c3ccccc3)C(=S)N21. The first-order valence-electron chi connectivity index (χ1n) is 10.2. The first-order valence-corrected chi connectivity index (χ1v) is 10.6. The summed E-state index contributed by atoms with van der Waals surface area (Å²) in [6, 6.07) is 30.6. The number of hydrogen-bond donors (Lipinski definition) is 1. The first kappa shape index (κ1) is 18.3. The predicted octanol–water partition coefficient (Wildman–Crippen LogP) is 4.56. The average molecular weight is 401 g/mol. The molecule has 0 amide bonds. The van der Waals surface area contributed by atoms with E-state index < -0.39 is 5.60 Å². The van der Waals surface area contributed by atoms with Crippen LogP contribution in [0.2, 0.25) is 0 Å². The number of anilines is 1. The van der Waals surface area contributed by atoms with Gasteiger partial charge in [0.25, 0.3) is 0 Å². The van der Waals surface area contributed by atoms with Crippen molar-refractivity contribution in [2.75, 3.05) is 11.4 Å². The van der Waals surface area contributed by atoms with Crippen molar-refractivity contribution >= 4 is 23.0 Å². The van der Waals surface area contributed by atoms with Gasteiger partial charge in [0.2, 0.25) is 0 Å². The fraction of sp³-hybridized carbons (Fsp3) is 0.240. The maximum absolute atomic E-state index is 12.3. The highest BCUT2D eigenvalue weighted by atomic mass is 32.1. The summed E-state index contributed by atoms with van der Waals surface area (Å²) in [4.78, 5) is 4.50. The third-order valence-electron chi connectivity index (χ3n) is 6.33. The number of hydrogen-bond acceptors (Lipinski definition) is 2. The van der Waals surface area contributed by atoms with E-state index in [1.54, 1.807) is 0 Å². The van der Waals surface area contributed by atoms with Gasteiger partial charge in [-0.3, -0.25) is 0 Å². The fourth-order valence-electron chi connectivity index (χ4n) is 4.95. The lowest BCUT2D eigenvalue weighted by molar-refractivity contribution is 0.0144. The van der Waals surface area contributed by atoms with E-state index in [0.717, 1.165) is 41.3 Å². The Bertz CT molecular complexity index is 954. The number of para-hydroxylation sites is 1. The molecule has 0 aliphatic carbocycles. The molecule has 2 saturated heterocycles. The van der Waals surface area contributed by atoms with Crippen LogP contribution in [0.15, 0.2) is 91.0 Å². The lowest BCUT2D eigenvalue weighted by Crippen LogP contribution is -2.51. The Morgan fingerprint density at radius 3 is 1.83 bits per heavy atom. The largest absolute Gasteiger partial charge is 0.378 e. The van der Waals surface area contributed by atoms with Gasteiger partial charge in [-0.2, -0.15) is 0 Å². The second-order valence-electron chi connectivity index (χ2n) is 7.88. The van der Waals surface area contributed by atoms with Crippen molar-refractivity contribution in [3.63, 3.8) is 0 Å². The van der Waals surface area contributed by atoms with Crippen molar-refractivity contribution in [2.45, 2.75) is 30.5 Å². The second-order valence-corrected chi connectivity index (χ2v) is 8.25. The molecular formula is C25H24N2OS. The molecule has 0 spiro atoms. The normalized spacial score (nSPS) is 21.5. The minimum atomic E-state index is -1.12. The lowest BCUT2D eigenvalue weighted by Gasteiger charge is -2.41. The molecule has 5 rings (SSSR count). The van der Waals surface area contributed by atoms with Crippen molar-refractivity contribution in [3.05, 3.63) is 102 Å². The van der Waals surface area contributed by atoms with E-state index in [-0.39, 0.29) is 6.04 Å². The van der Waals surface area contributed by atoms with Crippen molar-refractivity contribution in [2.24, 2.45) is 0 Å². The molecule has 0 aromatic heterocycles. The molecule has 0 radical (unpaired) electrons. The molecule has 0 bridgehead atoms. The Morgan fingerprint density at radius 1 is 0.759 bits per heavy atom. The second kappa shape index (κ2) is 7.29. The average Bonchev–Trinajstić information content (AvgIpc) is 3.36. The summed E-state index contributed by atoms with van der Waals surface area (Å²) < 4.78 is 0. The highest BCUT2D eigenvalue weighted by Crippen LogP contribution is 2.45. The van der Waals surface area contributed by atoms with Gasteiger partial charge >= 0.3 is 0 Å². The van der Waals surface area contributed by atoms with Crippen molar-refractivity contribution in [1.29, 1.82) is 0 Å². The van der Waals surface area contributed by atoms with Gasteiger partial charge in [0.15, 0.2) is 5.11 Å². The molecule has 1 N–H and O–H groups in total. The fourth-order valence-corrected chi connectivity index (χ4v) is 5.41. The zero-order valence-corrected chi connectivity index (χ0v) is 17.0. The van der Waals surface area contributed by atoms with Gasteiger partial charge in [-0.25, -0.2) is 0 Å². The Hall–Kier alpha value is -2.69. The van der Waals surface area contributed by atoms with Crippen LogP contribution in [-0.4, -0.2) is 33.7 Å². The third kappa shape index (κ3) is 2.95. The summed E-state index contributed by atoms with van der Waals surface area (Å²) in [5.41, 5.74) is 1.83. The summed E-state index contributed by atoms with van der Waals surface area (Å²) in [5.74, 6) is 0. The number of thiocarbonyl (C=S) groups is 1. The van der Waals surface area contributed by atoms with Crippen LogP contribution in [0.1, 0.15) is 24.0 Å². The molecule has 0 unspecified atom stereocenters. The standard InChI is InChI=1S/C25H24N2OS/c28-25(19-10-4-1-5-11-19,20-12-6-2-7-13-20)23-17-16-22-18-26(24(29)27(22)23)21-14-8-3-9-15-21/h1-15,22-23,28H,16-18H2/t22-,23+/m0/s1. The van der Waals surface area contributed by atoms with Crippen LogP contribution in [-0.2, 0) is 5.60 Å². The summed E-state index contributed by atoms with van der Waals surface area (Å²) in [6.45, 7) is 0.874. The molecule has 2 atom stereocenters. The van der Waals surface area contributed by atoms with Gasteiger partial charge < -0.3 is 14.9 Å². The summed E-state index contributed by atoms with van der Waals surface area (Å²) in [7, 11) is 0. The smallest absolute Gasteiger partial charge is 0.176 e. The summed E-state index contributed by atoms with van der Waals surface area (Å²) >= 11 is 5.95. The zero-order valence-electron chi connectivity index (χ0n) is 16.2. The Labute approximate surface area is 177 Å². The van der Waals surface area contributed by atoms with E-state index in [1.807, 2.05) is 78.9 Å². The molecule has 2 heterocycles. The number of benzene rings is 3. The minimum absolute atomic E-state index is 0.0986. The van der Waals surface area contributed by atoms with Crippen LogP contribution in [0.25, 0.3) is 0 Å². The van der Waals surface area contributed by atoms with Crippen LogP contribution in [0.4, 0.5) is 5.69 Å². The first-order chi connectivity index (χ1) is 14.2. The zero-order chi connectivity index (χ0) is 19.8. The maximum atomic E-state index is 12.3. The molecule has 3 nitrogen and oxygen atoms in total. The number of rotatable bonds is 4. The van der Waals surface area contributed by atoms with E-state index in [9.17, 15) is 5.11 Å². The predicted molar refractivity (Wildman–Crippen MR) is 121 cm³/mol. The maximum Gasteiger partial charge on any atom is 0.176 e. The highest BCUT2D eigenvalue weighted by Gasteiger charge is 2.53.